The van der Waals surface area contributed by atoms with Gasteiger partial charge in [0.2, 0.25) is 0 Å². The molecule has 90 valence electrons. The number of hydrogen-bond donors (Lipinski definition) is 1. The van der Waals surface area contributed by atoms with Crippen molar-refractivity contribution >= 4 is 10.8 Å². The molecular weight excluding hydrogens is 208 g/mol. The zero-order chi connectivity index (χ0) is 11.7. The van der Waals surface area contributed by atoms with Gasteiger partial charge in [0.15, 0.2) is 0 Å². The molecule has 0 spiro atoms. The van der Waals surface area contributed by atoms with E-state index in [4.69, 9.17) is 5.73 Å². The summed E-state index contributed by atoms with van der Waals surface area (Å²) in [6.07, 6.45) is 0. The Morgan fingerprint density at radius 2 is 1.67 bits per heavy atom. The summed E-state index contributed by atoms with van der Waals surface area (Å²) in [5.41, 5.74) is 6.08. The zero-order valence-electron chi connectivity index (χ0n) is 10.4. The van der Waals surface area contributed by atoms with Crippen LogP contribution in [0.25, 0.3) is 0 Å². The summed E-state index contributed by atoms with van der Waals surface area (Å²) < 4.78 is 11.2. The fourth-order valence-corrected chi connectivity index (χ4v) is 2.72. The van der Waals surface area contributed by atoms with Gasteiger partial charge in [0.1, 0.15) is 0 Å². The predicted octanol–water partition coefficient (Wildman–Crippen LogP) is 0.814. The van der Waals surface area contributed by atoms with E-state index in [1.807, 2.05) is 0 Å². The average Bonchev–Trinajstić information content (AvgIpc) is 2.06. The highest BCUT2D eigenvalue weighted by Crippen LogP contribution is 2.29. The van der Waals surface area contributed by atoms with Gasteiger partial charge in [-0.3, -0.25) is 4.21 Å². The van der Waals surface area contributed by atoms with E-state index in [1.165, 1.54) is 0 Å². The van der Waals surface area contributed by atoms with Gasteiger partial charge in [-0.2, -0.15) is 0 Å². The largest absolute Gasteiger partial charge is 0.325 e. The normalized spacial score (nSPS) is 21.9. The SMILES string of the molecule is CC(C)(N)C(C)(C)CN1CCS(=O)CC1. The highest BCUT2D eigenvalue weighted by atomic mass is 32.2. The fourth-order valence-electron chi connectivity index (χ4n) is 1.60. The third kappa shape index (κ3) is 3.54. The Hall–Kier alpha value is 0.0700. The number of nitrogens with two attached hydrogens (primary N) is 1. The van der Waals surface area contributed by atoms with E-state index in [0.29, 0.717) is 0 Å². The second-order valence-corrected chi connectivity index (χ2v) is 7.43. The van der Waals surface area contributed by atoms with Gasteiger partial charge in [-0.15, -0.1) is 0 Å². The highest BCUT2D eigenvalue weighted by Gasteiger charge is 2.35. The van der Waals surface area contributed by atoms with E-state index < -0.39 is 10.8 Å². The number of rotatable bonds is 3. The molecule has 0 atom stereocenters. The van der Waals surface area contributed by atoms with Crippen molar-refractivity contribution in [1.82, 2.24) is 4.90 Å². The molecule has 2 N–H and O–H groups in total. The van der Waals surface area contributed by atoms with E-state index in [0.717, 1.165) is 31.1 Å². The Morgan fingerprint density at radius 1 is 1.20 bits per heavy atom. The van der Waals surface area contributed by atoms with Crippen LogP contribution in [-0.2, 0) is 10.8 Å². The van der Waals surface area contributed by atoms with Gasteiger partial charge in [0.25, 0.3) is 0 Å². The first-order chi connectivity index (χ1) is 6.72. The van der Waals surface area contributed by atoms with Crippen LogP contribution in [0.5, 0.6) is 0 Å². The number of nitrogens with zero attached hydrogens (tertiary/aromatic N) is 1. The minimum Gasteiger partial charge on any atom is -0.325 e. The molecule has 1 saturated heterocycles. The van der Waals surface area contributed by atoms with Crippen LogP contribution in [0.1, 0.15) is 27.7 Å². The van der Waals surface area contributed by atoms with Gasteiger partial charge in [-0.25, -0.2) is 0 Å². The lowest BCUT2D eigenvalue weighted by Crippen LogP contribution is -2.54. The first-order valence-corrected chi connectivity index (χ1v) is 7.07. The molecule has 3 nitrogen and oxygen atoms in total. The highest BCUT2D eigenvalue weighted by molar-refractivity contribution is 7.85. The molecule has 0 aromatic carbocycles. The molecular formula is C11H24N2OS. The molecule has 0 unspecified atom stereocenters. The summed E-state index contributed by atoms with van der Waals surface area (Å²) in [7, 11) is -0.583. The molecule has 0 bridgehead atoms. The summed E-state index contributed by atoms with van der Waals surface area (Å²) in [4.78, 5) is 2.38. The van der Waals surface area contributed by atoms with Gasteiger partial charge in [-0.05, 0) is 19.3 Å². The summed E-state index contributed by atoms with van der Waals surface area (Å²) in [5.74, 6) is 1.64. The minimum atomic E-state index is -0.583. The fraction of sp³-hybridized carbons (Fsp3) is 1.00. The topological polar surface area (TPSA) is 46.3 Å². The van der Waals surface area contributed by atoms with E-state index in [-0.39, 0.29) is 11.0 Å². The standard InChI is InChI=1S/C11H24N2OS/c1-10(2,11(3,4)12)9-13-5-7-15(14)8-6-13/h5-9,12H2,1-4H3. The van der Waals surface area contributed by atoms with Crippen molar-refractivity contribution < 1.29 is 4.21 Å². The van der Waals surface area contributed by atoms with Gasteiger partial charge in [-0.1, -0.05) is 13.8 Å². The van der Waals surface area contributed by atoms with E-state index in [2.05, 4.69) is 32.6 Å². The van der Waals surface area contributed by atoms with Crippen molar-refractivity contribution in [3.8, 4) is 0 Å². The maximum atomic E-state index is 11.2. The summed E-state index contributed by atoms with van der Waals surface area (Å²) in [6, 6.07) is 0. The molecule has 1 fully saturated rings. The van der Waals surface area contributed by atoms with Crippen LogP contribution in [0.3, 0.4) is 0 Å². The lowest BCUT2D eigenvalue weighted by atomic mass is 9.75. The van der Waals surface area contributed by atoms with Crippen molar-refractivity contribution in [2.24, 2.45) is 11.1 Å². The lowest BCUT2D eigenvalue weighted by Gasteiger charge is -2.43. The molecule has 1 aliphatic rings. The van der Waals surface area contributed by atoms with Crippen LogP contribution in [0.15, 0.2) is 0 Å². The van der Waals surface area contributed by atoms with Crippen LogP contribution >= 0.6 is 0 Å². The van der Waals surface area contributed by atoms with Crippen LogP contribution in [0.4, 0.5) is 0 Å². The first-order valence-electron chi connectivity index (χ1n) is 5.58. The molecule has 1 rings (SSSR count). The minimum absolute atomic E-state index is 0.0891. The Kier molecular flexibility index (Phi) is 3.95. The summed E-state index contributed by atoms with van der Waals surface area (Å²) in [5, 5.41) is 0. The Balaban J connectivity index is 2.51. The molecule has 15 heavy (non-hydrogen) atoms. The van der Waals surface area contributed by atoms with Gasteiger partial charge >= 0.3 is 0 Å². The molecule has 1 heterocycles. The van der Waals surface area contributed by atoms with Crippen molar-refractivity contribution in [1.29, 1.82) is 0 Å². The quantitative estimate of drug-likeness (QED) is 0.783. The number of hydrogen-bond acceptors (Lipinski definition) is 3. The van der Waals surface area contributed by atoms with E-state index in [1.54, 1.807) is 0 Å². The van der Waals surface area contributed by atoms with Crippen molar-refractivity contribution in [3.05, 3.63) is 0 Å². The van der Waals surface area contributed by atoms with Crippen molar-refractivity contribution in [2.45, 2.75) is 33.2 Å². The molecule has 0 aliphatic carbocycles. The monoisotopic (exact) mass is 232 g/mol. The molecule has 4 heteroatoms. The smallest absolute Gasteiger partial charge is 0.0363 e. The lowest BCUT2D eigenvalue weighted by molar-refractivity contribution is 0.120. The molecule has 0 radical (unpaired) electrons. The second-order valence-electron chi connectivity index (χ2n) is 5.73. The molecule has 0 amide bonds. The molecule has 0 aromatic rings. The maximum Gasteiger partial charge on any atom is 0.0363 e. The summed E-state index contributed by atoms with van der Waals surface area (Å²) >= 11 is 0. The molecule has 0 aromatic heterocycles. The zero-order valence-corrected chi connectivity index (χ0v) is 11.2. The summed E-state index contributed by atoms with van der Waals surface area (Å²) in [6.45, 7) is 11.5. The van der Waals surface area contributed by atoms with Crippen molar-refractivity contribution in [2.75, 3.05) is 31.1 Å². The Labute approximate surface area is 95.9 Å². The third-order valence-electron chi connectivity index (χ3n) is 3.63. The van der Waals surface area contributed by atoms with E-state index in [9.17, 15) is 4.21 Å². The third-order valence-corrected chi connectivity index (χ3v) is 4.91. The molecule has 0 saturated carbocycles. The van der Waals surface area contributed by atoms with Crippen LogP contribution in [0.2, 0.25) is 0 Å². The van der Waals surface area contributed by atoms with Crippen LogP contribution in [0, 0.1) is 5.41 Å². The maximum absolute atomic E-state index is 11.2. The van der Waals surface area contributed by atoms with Gasteiger partial charge < -0.3 is 10.6 Å². The molecule has 1 aliphatic heterocycles. The van der Waals surface area contributed by atoms with E-state index >= 15 is 0 Å². The average molecular weight is 232 g/mol. The predicted molar refractivity (Wildman–Crippen MR) is 66.4 cm³/mol. The Morgan fingerprint density at radius 3 is 2.07 bits per heavy atom. The van der Waals surface area contributed by atoms with Crippen molar-refractivity contribution in [3.63, 3.8) is 0 Å². The van der Waals surface area contributed by atoms with Gasteiger partial charge in [0.05, 0.1) is 0 Å². The Bertz CT molecular complexity index is 235. The van der Waals surface area contributed by atoms with Crippen LogP contribution < -0.4 is 5.73 Å². The van der Waals surface area contributed by atoms with Crippen LogP contribution in [-0.4, -0.2) is 45.8 Å². The second kappa shape index (κ2) is 4.52. The first kappa shape index (κ1) is 13.1. The van der Waals surface area contributed by atoms with Gasteiger partial charge in [0, 0.05) is 47.5 Å².